The topological polar surface area (TPSA) is 55.4 Å². The lowest BCUT2D eigenvalue weighted by atomic mass is 10.1. The van der Waals surface area contributed by atoms with Crippen LogP contribution in [0.25, 0.3) is 0 Å². The highest BCUT2D eigenvalue weighted by Gasteiger charge is 2.14. The van der Waals surface area contributed by atoms with E-state index in [-0.39, 0.29) is 16.8 Å². The monoisotopic (exact) mass is 291 g/mol. The van der Waals surface area contributed by atoms with E-state index >= 15 is 0 Å². The molecule has 0 saturated carbocycles. The Hall–Kier alpha value is -2.76. The Kier molecular flexibility index (Phi) is 4.27. The van der Waals surface area contributed by atoms with Gasteiger partial charge in [-0.25, -0.2) is 13.6 Å². The fourth-order valence-corrected chi connectivity index (χ4v) is 1.70. The van der Waals surface area contributed by atoms with Crippen LogP contribution in [-0.2, 0) is 4.74 Å². The molecule has 0 atom stereocenters. The van der Waals surface area contributed by atoms with Gasteiger partial charge in [-0.05, 0) is 36.4 Å². The molecule has 0 unspecified atom stereocenters. The number of benzene rings is 2. The maximum absolute atomic E-state index is 13.5. The van der Waals surface area contributed by atoms with E-state index in [1.807, 2.05) is 0 Å². The summed E-state index contributed by atoms with van der Waals surface area (Å²) in [5.74, 6) is -2.73. The van der Waals surface area contributed by atoms with Crippen molar-refractivity contribution >= 4 is 17.6 Å². The van der Waals surface area contributed by atoms with Crippen molar-refractivity contribution in [3.8, 4) is 0 Å². The van der Waals surface area contributed by atoms with Crippen molar-refractivity contribution in [2.75, 3.05) is 12.4 Å². The van der Waals surface area contributed by atoms with E-state index in [9.17, 15) is 18.4 Å². The SMILES string of the molecule is COC(=O)c1cc(NC(=O)c2cccc(F)c2)ccc1F. The molecule has 1 amide bonds. The lowest BCUT2D eigenvalue weighted by Gasteiger charge is -2.07. The fraction of sp³-hybridized carbons (Fsp3) is 0.0667. The normalized spacial score (nSPS) is 10.0. The van der Waals surface area contributed by atoms with Crippen LogP contribution in [0, 0.1) is 11.6 Å². The first-order valence-electron chi connectivity index (χ1n) is 5.96. The first kappa shape index (κ1) is 14.6. The van der Waals surface area contributed by atoms with Gasteiger partial charge >= 0.3 is 5.97 Å². The van der Waals surface area contributed by atoms with Crippen LogP contribution in [0.15, 0.2) is 42.5 Å². The summed E-state index contributed by atoms with van der Waals surface area (Å²) >= 11 is 0. The van der Waals surface area contributed by atoms with Gasteiger partial charge in [0.25, 0.3) is 5.91 Å². The maximum Gasteiger partial charge on any atom is 0.340 e. The molecule has 1 N–H and O–H groups in total. The van der Waals surface area contributed by atoms with Crippen LogP contribution in [-0.4, -0.2) is 19.0 Å². The second-order valence-corrected chi connectivity index (χ2v) is 4.15. The average Bonchev–Trinajstić information content (AvgIpc) is 2.48. The highest BCUT2D eigenvalue weighted by Crippen LogP contribution is 2.17. The van der Waals surface area contributed by atoms with Crippen molar-refractivity contribution in [3.63, 3.8) is 0 Å². The predicted octanol–water partition coefficient (Wildman–Crippen LogP) is 3.00. The number of halogens is 2. The molecule has 0 aliphatic heterocycles. The molecule has 0 fully saturated rings. The number of ether oxygens (including phenoxy) is 1. The molecule has 0 aliphatic rings. The Labute approximate surface area is 119 Å². The van der Waals surface area contributed by atoms with Crippen LogP contribution in [0.4, 0.5) is 14.5 Å². The van der Waals surface area contributed by atoms with Crippen molar-refractivity contribution in [2.24, 2.45) is 0 Å². The fourth-order valence-electron chi connectivity index (χ4n) is 1.70. The number of hydrogen-bond acceptors (Lipinski definition) is 3. The molecule has 0 spiro atoms. The van der Waals surface area contributed by atoms with E-state index < -0.39 is 23.5 Å². The van der Waals surface area contributed by atoms with Gasteiger partial charge in [0.1, 0.15) is 11.6 Å². The van der Waals surface area contributed by atoms with Crippen molar-refractivity contribution < 1.29 is 23.1 Å². The van der Waals surface area contributed by atoms with Gasteiger partial charge in [-0.15, -0.1) is 0 Å². The summed E-state index contributed by atoms with van der Waals surface area (Å²) in [4.78, 5) is 23.3. The summed E-state index contributed by atoms with van der Waals surface area (Å²) in [5, 5.41) is 2.45. The third-order valence-electron chi connectivity index (χ3n) is 2.72. The Bertz CT molecular complexity index is 701. The van der Waals surface area contributed by atoms with Gasteiger partial charge in [-0.2, -0.15) is 0 Å². The quantitative estimate of drug-likeness (QED) is 0.884. The number of anilines is 1. The van der Waals surface area contributed by atoms with E-state index in [1.54, 1.807) is 0 Å². The molecule has 0 heterocycles. The third-order valence-corrected chi connectivity index (χ3v) is 2.72. The van der Waals surface area contributed by atoms with Crippen molar-refractivity contribution in [1.82, 2.24) is 0 Å². The Morgan fingerprint density at radius 2 is 1.86 bits per heavy atom. The van der Waals surface area contributed by atoms with Crippen molar-refractivity contribution in [1.29, 1.82) is 0 Å². The lowest BCUT2D eigenvalue weighted by molar-refractivity contribution is 0.0595. The molecule has 2 rings (SSSR count). The first-order chi connectivity index (χ1) is 10.0. The molecule has 21 heavy (non-hydrogen) atoms. The zero-order valence-electron chi connectivity index (χ0n) is 11.0. The number of carbonyl (C=O) groups is 2. The van der Waals surface area contributed by atoms with E-state index in [2.05, 4.69) is 10.1 Å². The average molecular weight is 291 g/mol. The van der Waals surface area contributed by atoms with Crippen LogP contribution in [0.2, 0.25) is 0 Å². The number of methoxy groups -OCH3 is 1. The molecule has 108 valence electrons. The summed E-state index contributed by atoms with van der Waals surface area (Å²) in [6.45, 7) is 0. The van der Waals surface area contributed by atoms with E-state index in [0.29, 0.717) is 0 Å². The summed E-state index contributed by atoms with van der Waals surface area (Å²) < 4.78 is 30.9. The van der Waals surface area contributed by atoms with Gasteiger partial charge in [-0.3, -0.25) is 4.79 Å². The maximum atomic E-state index is 13.5. The van der Waals surface area contributed by atoms with Crippen molar-refractivity contribution in [3.05, 3.63) is 65.2 Å². The summed E-state index contributed by atoms with van der Waals surface area (Å²) in [6.07, 6.45) is 0. The third kappa shape index (κ3) is 3.42. The number of esters is 1. The smallest absolute Gasteiger partial charge is 0.340 e. The molecule has 0 aliphatic carbocycles. The van der Waals surface area contributed by atoms with E-state index in [0.717, 1.165) is 25.3 Å². The van der Waals surface area contributed by atoms with Crippen LogP contribution >= 0.6 is 0 Å². The number of nitrogens with one attached hydrogen (secondary N) is 1. The molecule has 2 aromatic rings. The summed E-state index contributed by atoms with van der Waals surface area (Å²) in [6, 6.07) is 8.59. The predicted molar refractivity (Wildman–Crippen MR) is 72.1 cm³/mol. The van der Waals surface area contributed by atoms with Crippen LogP contribution in [0.3, 0.4) is 0 Å². The molecule has 0 saturated heterocycles. The zero-order valence-corrected chi connectivity index (χ0v) is 11.0. The molecular weight excluding hydrogens is 280 g/mol. The van der Waals surface area contributed by atoms with Gasteiger partial charge < -0.3 is 10.1 Å². The van der Waals surface area contributed by atoms with Crippen LogP contribution < -0.4 is 5.32 Å². The molecule has 0 radical (unpaired) electrons. The van der Waals surface area contributed by atoms with Crippen molar-refractivity contribution in [2.45, 2.75) is 0 Å². The Morgan fingerprint density at radius 1 is 1.10 bits per heavy atom. The van der Waals surface area contributed by atoms with Crippen LogP contribution in [0.5, 0.6) is 0 Å². The van der Waals surface area contributed by atoms with Crippen LogP contribution in [0.1, 0.15) is 20.7 Å². The highest BCUT2D eigenvalue weighted by atomic mass is 19.1. The minimum Gasteiger partial charge on any atom is -0.465 e. The summed E-state index contributed by atoms with van der Waals surface area (Å²) in [7, 11) is 1.12. The Morgan fingerprint density at radius 3 is 2.52 bits per heavy atom. The number of carbonyl (C=O) groups excluding carboxylic acids is 2. The minimum atomic E-state index is -0.852. The minimum absolute atomic E-state index is 0.110. The van der Waals surface area contributed by atoms with Gasteiger partial charge in [0.15, 0.2) is 0 Å². The lowest BCUT2D eigenvalue weighted by Crippen LogP contribution is -2.13. The van der Waals surface area contributed by atoms with E-state index in [4.69, 9.17) is 0 Å². The molecule has 2 aromatic carbocycles. The van der Waals surface area contributed by atoms with Gasteiger partial charge in [0.05, 0.1) is 12.7 Å². The number of amides is 1. The number of hydrogen-bond donors (Lipinski definition) is 1. The largest absolute Gasteiger partial charge is 0.465 e. The molecule has 0 bridgehead atoms. The molecular formula is C15H11F2NO3. The molecule has 0 aromatic heterocycles. The molecule has 6 heteroatoms. The number of rotatable bonds is 3. The van der Waals surface area contributed by atoms with Gasteiger partial charge in [0.2, 0.25) is 0 Å². The highest BCUT2D eigenvalue weighted by molar-refractivity contribution is 6.04. The van der Waals surface area contributed by atoms with E-state index in [1.165, 1.54) is 24.3 Å². The van der Waals surface area contributed by atoms with Gasteiger partial charge in [-0.1, -0.05) is 6.07 Å². The first-order valence-corrected chi connectivity index (χ1v) is 5.96. The second-order valence-electron chi connectivity index (χ2n) is 4.15. The van der Waals surface area contributed by atoms with Gasteiger partial charge in [0, 0.05) is 11.3 Å². The second kappa shape index (κ2) is 6.13. The Balaban J connectivity index is 2.24. The zero-order chi connectivity index (χ0) is 15.4. The standard InChI is InChI=1S/C15H11F2NO3/c1-21-15(20)12-8-11(5-6-13(12)17)18-14(19)9-3-2-4-10(16)7-9/h2-8H,1H3,(H,18,19). The molecule has 4 nitrogen and oxygen atoms in total. The summed E-state index contributed by atoms with van der Waals surface area (Å²) in [5.41, 5.74) is 0.0135.